The third-order valence-corrected chi connectivity index (χ3v) is 4.77. The molecule has 0 fully saturated rings. The van der Waals surface area contributed by atoms with Crippen molar-refractivity contribution in [2.45, 2.75) is 19.8 Å². The number of aliphatic carboxylic acids is 1. The van der Waals surface area contributed by atoms with Gasteiger partial charge in [0.25, 0.3) is 0 Å². The van der Waals surface area contributed by atoms with Crippen LogP contribution in [0, 0.1) is 12.7 Å². The number of fused-ring (bicyclic) bond motifs is 1. The Morgan fingerprint density at radius 3 is 2.50 bits per heavy atom. The van der Waals surface area contributed by atoms with E-state index in [0.717, 1.165) is 37.5 Å². The molecule has 3 aromatic rings. The number of rotatable bonds is 4. The zero-order chi connectivity index (χ0) is 17.3. The molecule has 0 radical (unpaired) electrons. The first-order chi connectivity index (χ1) is 11.4. The fourth-order valence-corrected chi connectivity index (χ4v) is 3.25. The number of carbonyl (C=O) groups is 1. The highest BCUT2D eigenvalue weighted by atomic mass is 79.9. The van der Waals surface area contributed by atoms with Gasteiger partial charge in [-0.05, 0) is 70.6 Å². The fraction of sp³-hybridized carbons (Fsp3) is 0.150. The van der Waals surface area contributed by atoms with E-state index in [1.54, 1.807) is 6.07 Å². The molecule has 0 unspecified atom stereocenters. The molecular weight excluding hydrogens is 371 g/mol. The first-order valence-electron chi connectivity index (χ1n) is 7.61. The maximum atomic E-state index is 13.8. The molecule has 0 amide bonds. The Hall–Kier alpha value is -2.20. The molecule has 0 spiro atoms. The van der Waals surface area contributed by atoms with Crippen LogP contribution in [0.5, 0.6) is 0 Å². The van der Waals surface area contributed by atoms with Gasteiger partial charge in [0.15, 0.2) is 0 Å². The number of carboxylic acid groups (broad SMARTS) is 1. The summed E-state index contributed by atoms with van der Waals surface area (Å²) in [6.45, 7) is 1.91. The predicted octanol–water partition coefficient (Wildman–Crippen LogP) is 5.27. The van der Waals surface area contributed by atoms with Crippen LogP contribution in [0.2, 0.25) is 0 Å². The van der Waals surface area contributed by atoms with Crippen molar-refractivity contribution in [1.82, 2.24) is 0 Å². The molecule has 0 aliphatic rings. The van der Waals surface area contributed by atoms with Crippen LogP contribution >= 0.6 is 15.9 Å². The number of hydrogen-bond donors (Lipinski definition) is 1. The van der Waals surface area contributed by atoms with Gasteiger partial charge in [-0.3, -0.25) is 4.79 Å². The van der Waals surface area contributed by atoms with Crippen molar-refractivity contribution in [3.05, 3.63) is 81.1 Å². The van der Waals surface area contributed by atoms with Crippen LogP contribution in [0.1, 0.15) is 22.3 Å². The standard InChI is InChI=1S/C20H16BrFO2/c1-12-15(10-20(23)24)9-14-4-7-17(22)11-19(14)18(12)8-13-2-5-16(21)6-3-13/h2-7,9,11H,8,10H2,1H3,(H,23,24). The molecule has 3 rings (SSSR count). The second kappa shape index (κ2) is 6.73. The Bertz CT molecular complexity index is 917. The summed E-state index contributed by atoms with van der Waals surface area (Å²) < 4.78 is 14.7. The van der Waals surface area contributed by atoms with Gasteiger partial charge >= 0.3 is 5.97 Å². The number of carboxylic acids is 1. The SMILES string of the molecule is Cc1c(CC(=O)O)cc2ccc(F)cc2c1Cc1ccc(Br)cc1. The van der Waals surface area contributed by atoms with E-state index in [0.29, 0.717) is 6.42 Å². The summed E-state index contributed by atoms with van der Waals surface area (Å²) in [5, 5.41) is 10.9. The highest BCUT2D eigenvalue weighted by Crippen LogP contribution is 2.29. The van der Waals surface area contributed by atoms with Crippen LogP contribution in [0.25, 0.3) is 10.8 Å². The van der Waals surface area contributed by atoms with Gasteiger partial charge in [0.1, 0.15) is 5.82 Å². The van der Waals surface area contributed by atoms with Gasteiger partial charge in [-0.15, -0.1) is 0 Å². The first-order valence-corrected chi connectivity index (χ1v) is 8.40. The van der Waals surface area contributed by atoms with Crippen LogP contribution in [0.3, 0.4) is 0 Å². The summed E-state index contributed by atoms with van der Waals surface area (Å²) in [6, 6.07) is 14.5. The van der Waals surface area contributed by atoms with Gasteiger partial charge in [-0.25, -0.2) is 4.39 Å². The van der Waals surface area contributed by atoms with E-state index in [4.69, 9.17) is 5.11 Å². The van der Waals surface area contributed by atoms with Crippen molar-refractivity contribution in [2.24, 2.45) is 0 Å². The van der Waals surface area contributed by atoms with Crippen molar-refractivity contribution in [1.29, 1.82) is 0 Å². The third-order valence-electron chi connectivity index (χ3n) is 4.24. The van der Waals surface area contributed by atoms with Crippen molar-refractivity contribution in [2.75, 3.05) is 0 Å². The average molecular weight is 387 g/mol. The number of halogens is 2. The monoisotopic (exact) mass is 386 g/mol. The largest absolute Gasteiger partial charge is 0.481 e. The highest BCUT2D eigenvalue weighted by molar-refractivity contribution is 9.10. The van der Waals surface area contributed by atoms with E-state index in [9.17, 15) is 9.18 Å². The highest BCUT2D eigenvalue weighted by Gasteiger charge is 2.13. The van der Waals surface area contributed by atoms with Gasteiger partial charge in [0, 0.05) is 4.47 Å². The van der Waals surface area contributed by atoms with E-state index in [1.165, 1.54) is 12.1 Å². The quantitative estimate of drug-likeness (QED) is 0.663. The second-order valence-corrected chi connectivity index (χ2v) is 6.79. The Morgan fingerprint density at radius 1 is 1.12 bits per heavy atom. The molecule has 122 valence electrons. The van der Waals surface area contributed by atoms with Crippen LogP contribution in [-0.4, -0.2) is 11.1 Å². The lowest BCUT2D eigenvalue weighted by molar-refractivity contribution is -0.136. The Balaban J connectivity index is 2.18. The molecule has 0 atom stereocenters. The molecule has 0 aliphatic carbocycles. The molecule has 24 heavy (non-hydrogen) atoms. The van der Waals surface area contributed by atoms with E-state index >= 15 is 0 Å². The molecular formula is C20H16BrFO2. The summed E-state index contributed by atoms with van der Waals surface area (Å²) in [5.74, 6) is -1.15. The fourth-order valence-electron chi connectivity index (χ4n) is 2.99. The third kappa shape index (κ3) is 3.49. The zero-order valence-electron chi connectivity index (χ0n) is 13.1. The van der Waals surface area contributed by atoms with E-state index in [2.05, 4.69) is 15.9 Å². The molecule has 0 aliphatic heterocycles. The lowest BCUT2D eigenvalue weighted by Gasteiger charge is -2.15. The molecule has 4 heteroatoms. The normalized spacial score (nSPS) is 11.0. The van der Waals surface area contributed by atoms with Gasteiger partial charge in [0.2, 0.25) is 0 Å². The minimum atomic E-state index is -0.867. The van der Waals surface area contributed by atoms with Crippen LogP contribution in [-0.2, 0) is 17.6 Å². The minimum absolute atomic E-state index is 0.0352. The van der Waals surface area contributed by atoms with Gasteiger partial charge in [-0.1, -0.05) is 40.2 Å². The van der Waals surface area contributed by atoms with Crippen molar-refractivity contribution < 1.29 is 14.3 Å². The van der Waals surface area contributed by atoms with Gasteiger partial charge in [-0.2, -0.15) is 0 Å². The Morgan fingerprint density at radius 2 is 1.83 bits per heavy atom. The number of hydrogen-bond acceptors (Lipinski definition) is 1. The summed E-state index contributed by atoms with van der Waals surface area (Å²) in [6.07, 6.45) is 0.596. The Kier molecular flexibility index (Phi) is 4.67. The molecule has 0 saturated heterocycles. The lowest BCUT2D eigenvalue weighted by atomic mass is 9.90. The van der Waals surface area contributed by atoms with Crippen molar-refractivity contribution in [3.63, 3.8) is 0 Å². The summed E-state index contributed by atoms with van der Waals surface area (Å²) in [5.41, 5.74) is 3.76. The molecule has 0 bridgehead atoms. The average Bonchev–Trinajstić information content (AvgIpc) is 2.53. The van der Waals surface area contributed by atoms with E-state index in [1.807, 2.05) is 37.3 Å². The first kappa shape index (κ1) is 16.7. The maximum absolute atomic E-state index is 13.8. The zero-order valence-corrected chi connectivity index (χ0v) is 14.7. The summed E-state index contributed by atoms with van der Waals surface area (Å²) in [4.78, 5) is 11.2. The van der Waals surface area contributed by atoms with Gasteiger partial charge in [0.05, 0.1) is 6.42 Å². The maximum Gasteiger partial charge on any atom is 0.307 e. The van der Waals surface area contributed by atoms with E-state index in [-0.39, 0.29) is 12.2 Å². The van der Waals surface area contributed by atoms with E-state index < -0.39 is 5.97 Å². The molecule has 1 N–H and O–H groups in total. The molecule has 0 saturated carbocycles. The summed E-state index contributed by atoms with van der Waals surface area (Å²) in [7, 11) is 0. The molecule has 2 nitrogen and oxygen atoms in total. The number of benzene rings is 3. The summed E-state index contributed by atoms with van der Waals surface area (Å²) >= 11 is 3.42. The lowest BCUT2D eigenvalue weighted by Crippen LogP contribution is -2.05. The topological polar surface area (TPSA) is 37.3 Å². The van der Waals surface area contributed by atoms with Crippen LogP contribution in [0.4, 0.5) is 4.39 Å². The smallest absolute Gasteiger partial charge is 0.307 e. The minimum Gasteiger partial charge on any atom is -0.481 e. The molecule has 0 aromatic heterocycles. The second-order valence-electron chi connectivity index (χ2n) is 5.88. The van der Waals surface area contributed by atoms with Crippen LogP contribution < -0.4 is 0 Å². The van der Waals surface area contributed by atoms with Crippen LogP contribution in [0.15, 0.2) is 53.0 Å². The molecule has 3 aromatic carbocycles. The van der Waals surface area contributed by atoms with Gasteiger partial charge < -0.3 is 5.11 Å². The van der Waals surface area contributed by atoms with Crippen molar-refractivity contribution >= 4 is 32.7 Å². The van der Waals surface area contributed by atoms with Crippen molar-refractivity contribution in [3.8, 4) is 0 Å². The molecule has 0 heterocycles. The predicted molar refractivity (Wildman–Crippen MR) is 96.9 cm³/mol. The Labute approximate surface area is 148 Å².